The Labute approximate surface area is 180 Å². The maximum Gasteiger partial charge on any atom is 0.355 e. The number of carbonyl (C=O) groups is 1. The van der Waals surface area contributed by atoms with Crippen LogP contribution in [0.3, 0.4) is 0 Å². The molecule has 2 aromatic heterocycles. The second-order valence-electron chi connectivity index (χ2n) is 7.89. The van der Waals surface area contributed by atoms with Gasteiger partial charge in [0.25, 0.3) is 11.7 Å². The monoisotopic (exact) mass is 415 g/mol. The molecule has 1 atom stereocenters. The van der Waals surface area contributed by atoms with E-state index in [0.717, 1.165) is 41.5 Å². The van der Waals surface area contributed by atoms with Crippen molar-refractivity contribution in [3.63, 3.8) is 0 Å². The third-order valence-corrected chi connectivity index (χ3v) is 5.45. The zero-order valence-corrected chi connectivity index (χ0v) is 17.4. The average Bonchev–Trinajstić information content (AvgIpc) is 2.72. The highest BCUT2D eigenvalue weighted by atomic mass is 16.5. The number of carbonyl (C=O) groups excluding carboxylic acids is 1. The van der Waals surface area contributed by atoms with Gasteiger partial charge >= 0.3 is 5.82 Å². The van der Waals surface area contributed by atoms with E-state index in [1.807, 2.05) is 43.5 Å². The van der Waals surface area contributed by atoms with Crippen molar-refractivity contribution < 1.29 is 14.1 Å². The lowest BCUT2D eigenvalue weighted by Crippen LogP contribution is -2.45. The van der Waals surface area contributed by atoms with Crippen LogP contribution in [0.2, 0.25) is 0 Å². The first kappa shape index (κ1) is 19.3. The molecular weight excluding hydrogens is 392 g/mol. The summed E-state index contributed by atoms with van der Waals surface area (Å²) in [5.74, 6) is 1.42. The van der Waals surface area contributed by atoms with Crippen molar-refractivity contribution in [3.8, 4) is 0 Å². The number of rotatable bonds is 6. The lowest BCUT2D eigenvalue weighted by atomic mass is 10.1. The van der Waals surface area contributed by atoms with Crippen LogP contribution >= 0.6 is 0 Å². The fourth-order valence-electron chi connectivity index (χ4n) is 3.60. The van der Waals surface area contributed by atoms with E-state index in [-0.39, 0.29) is 11.9 Å². The van der Waals surface area contributed by atoms with Gasteiger partial charge in [0, 0.05) is 18.1 Å². The molecule has 8 nitrogen and oxygen atoms in total. The van der Waals surface area contributed by atoms with Gasteiger partial charge in [-0.25, -0.2) is 9.56 Å². The number of benzene rings is 1. The van der Waals surface area contributed by atoms with Crippen LogP contribution in [0.4, 0.5) is 17.3 Å². The Kier molecular flexibility index (Phi) is 4.91. The normalized spacial score (nSPS) is 15.7. The summed E-state index contributed by atoms with van der Waals surface area (Å²) in [6.07, 6.45) is 7.05. The van der Waals surface area contributed by atoms with Gasteiger partial charge in [0.2, 0.25) is 0 Å². The van der Waals surface area contributed by atoms with Gasteiger partial charge in [0.1, 0.15) is 12.3 Å². The lowest BCUT2D eigenvalue weighted by molar-refractivity contribution is -0.528. The molecule has 2 aliphatic rings. The molecule has 0 saturated carbocycles. The van der Waals surface area contributed by atoms with Crippen molar-refractivity contribution in [3.05, 3.63) is 71.3 Å². The Hall–Kier alpha value is -3.65. The van der Waals surface area contributed by atoms with Gasteiger partial charge in [-0.15, -0.1) is 0 Å². The van der Waals surface area contributed by atoms with E-state index < -0.39 is 0 Å². The minimum absolute atomic E-state index is 0.0191. The minimum atomic E-state index is -0.182. The standard InChI is InChI=1S/C23H22N6O2/c1-14-6-17(9-24-8-14)23(30)27-18-5-3-4-16(7-18)15(2)26-21-10-25-20-11-29(22(20)28-21)19-12-31-13-19/h3-11,15,19H,12-13H2,1-2H3,(H,27,30)/p+1. The van der Waals surface area contributed by atoms with E-state index in [4.69, 9.17) is 9.72 Å². The summed E-state index contributed by atoms with van der Waals surface area (Å²) in [7, 11) is 0. The first-order valence-corrected chi connectivity index (χ1v) is 10.2. The highest BCUT2D eigenvalue weighted by Gasteiger charge is 2.38. The van der Waals surface area contributed by atoms with Crippen LogP contribution in [0.15, 0.2) is 48.9 Å². The molecule has 4 heterocycles. The van der Waals surface area contributed by atoms with Crippen molar-refractivity contribution in [1.82, 2.24) is 15.0 Å². The van der Waals surface area contributed by atoms with Crippen LogP contribution in [-0.2, 0) is 4.74 Å². The fourth-order valence-corrected chi connectivity index (χ4v) is 3.60. The summed E-state index contributed by atoms with van der Waals surface area (Å²) in [5, 5.41) is 6.35. The third kappa shape index (κ3) is 3.89. The Morgan fingerprint density at radius 2 is 2.10 bits per heavy atom. The number of nitrogens with one attached hydrogen (secondary N) is 2. The van der Waals surface area contributed by atoms with E-state index in [0.29, 0.717) is 17.4 Å². The van der Waals surface area contributed by atoms with E-state index in [2.05, 4.69) is 32.1 Å². The summed E-state index contributed by atoms with van der Waals surface area (Å²) in [4.78, 5) is 25.8. The SMILES string of the molecule is Cc1cncc(C(=O)Nc2cccc(C(C)Nc3cnc4c(n3)[N+](C3COC3)=C4)c2)c1. The Morgan fingerprint density at radius 1 is 1.23 bits per heavy atom. The zero-order valence-electron chi connectivity index (χ0n) is 17.4. The van der Waals surface area contributed by atoms with Gasteiger partial charge in [0.15, 0.2) is 5.69 Å². The average molecular weight is 415 g/mol. The van der Waals surface area contributed by atoms with Gasteiger partial charge in [-0.3, -0.25) is 9.78 Å². The molecule has 1 unspecified atom stereocenters. The maximum atomic E-state index is 12.5. The topological polar surface area (TPSA) is 92.0 Å². The van der Waals surface area contributed by atoms with Crippen LogP contribution in [0.1, 0.15) is 40.1 Å². The van der Waals surface area contributed by atoms with E-state index in [9.17, 15) is 4.79 Å². The van der Waals surface area contributed by atoms with Crippen molar-refractivity contribution >= 4 is 29.4 Å². The van der Waals surface area contributed by atoms with Crippen LogP contribution in [0.5, 0.6) is 0 Å². The third-order valence-electron chi connectivity index (χ3n) is 5.45. The van der Waals surface area contributed by atoms with E-state index in [1.54, 1.807) is 18.6 Å². The van der Waals surface area contributed by atoms with Gasteiger partial charge in [-0.05, 0) is 48.2 Å². The number of pyridine rings is 1. The predicted octanol–water partition coefficient (Wildman–Crippen LogP) is 3.08. The second kappa shape index (κ2) is 7.88. The Balaban J connectivity index is 1.27. The molecule has 2 N–H and O–H groups in total. The number of nitrogens with zero attached hydrogens (tertiary/aromatic N) is 4. The Morgan fingerprint density at radius 3 is 2.87 bits per heavy atom. The molecule has 5 rings (SSSR count). The first-order chi connectivity index (χ1) is 15.1. The van der Waals surface area contributed by atoms with Crippen LogP contribution in [0, 0.1) is 6.92 Å². The maximum absolute atomic E-state index is 12.5. The number of anilines is 2. The number of amides is 1. The van der Waals surface area contributed by atoms with Crippen molar-refractivity contribution in [2.45, 2.75) is 25.9 Å². The molecule has 2 aliphatic heterocycles. The molecule has 3 aromatic rings. The summed E-state index contributed by atoms with van der Waals surface area (Å²) >= 11 is 0. The number of fused-ring (bicyclic) bond motifs is 1. The Bertz CT molecular complexity index is 1190. The van der Waals surface area contributed by atoms with E-state index >= 15 is 0 Å². The summed E-state index contributed by atoms with van der Waals surface area (Å²) in [6, 6.07) is 9.93. The number of hydrogen-bond donors (Lipinski definition) is 2. The molecule has 1 saturated heterocycles. The molecule has 1 fully saturated rings. The first-order valence-electron chi connectivity index (χ1n) is 10.2. The van der Waals surface area contributed by atoms with Crippen LogP contribution in [-0.4, -0.2) is 50.9 Å². The van der Waals surface area contributed by atoms with Gasteiger partial charge < -0.3 is 15.4 Å². The number of hydrogen-bond acceptors (Lipinski definition) is 6. The highest BCUT2D eigenvalue weighted by molar-refractivity contribution is 6.04. The molecule has 0 spiro atoms. The largest absolute Gasteiger partial charge is 0.372 e. The molecule has 1 amide bonds. The predicted molar refractivity (Wildman–Crippen MR) is 117 cm³/mol. The quantitative estimate of drug-likeness (QED) is 0.601. The van der Waals surface area contributed by atoms with Crippen LogP contribution < -0.4 is 10.6 Å². The number of ether oxygens (including phenoxy) is 1. The molecule has 8 heteroatoms. The van der Waals surface area contributed by atoms with Gasteiger partial charge in [-0.1, -0.05) is 12.1 Å². The van der Waals surface area contributed by atoms with Crippen molar-refractivity contribution in [1.29, 1.82) is 0 Å². The molecule has 31 heavy (non-hydrogen) atoms. The molecule has 0 radical (unpaired) electrons. The number of aromatic nitrogens is 3. The van der Waals surface area contributed by atoms with Crippen molar-refractivity contribution in [2.24, 2.45) is 0 Å². The zero-order chi connectivity index (χ0) is 21.4. The number of aryl methyl sites for hydroxylation is 1. The molecule has 0 bridgehead atoms. The fraction of sp³-hybridized carbons (Fsp3) is 0.261. The van der Waals surface area contributed by atoms with Crippen molar-refractivity contribution in [2.75, 3.05) is 23.8 Å². The van der Waals surface area contributed by atoms with E-state index in [1.165, 1.54) is 0 Å². The molecule has 1 aromatic carbocycles. The van der Waals surface area contributed by atoms with Crippen LogP contribution in [0.25, 0.3) is 0 Å². The minimum Gasteiger partial charge on any atom is -0.372 e. The lowest BCUT2D eigenvalue weighted by Gasteiger charge is -2.28. The van der Waals surface area contributed by atoms with Gasteiger partial charge in [0.05, 0.1) is 31.0 Å². The summed E-state index contributed by atoms with van der Waals surface area (Å²) in [6.45, 7) is 5.41. The smallest absolute Gasteiger partial charge is 0.355 e. The molecular formula is C23H23N6O2+. The second-order valence-corrected chi connectivity index (χ2v) is 7.89. The highest BCUT2D eigenvalue weighted by Crippen LogP contribution is 2.28. The molecule has 0 aliphatic carbocycles. The summed E-state index contributed by atoms with van der Waals surface area (Å²) < 4.78 is 7.40. The summed E-state index contributed by atoms with van der Waals surface area (Å²) in [5.41, 5.74) is 4.14. The van der Waals surface area contributed by atoms with Gasteiger partial charge in [-0.2, -0.15) is 0 Å². The molecule has 156 valence electrons.